The number of hydrogen-bond acceptors (Lipinski definition) is 2. The minimum atomic E-state index is -0.0316. The highest BCUT2D eigenvalue weighted by Gasteiger charge is 2.17. The molecule has 4 nitrogen and oxygen atoms in total. The highest BCUT2D eigenvalue weighted by Crippen LogP contribution is 2.10. The van der Waals surface area contributed by atoms with Crippen molar-refractivity contribution in [3.05, 3.63) is 12.2 Å². The predicted octanol–water partition coefficient (Wildman–Crippen LogP) is 2.15. The van der Waals surface area contributed by atoms with Crippen LogP contribution in [0.4, 0.5) is 0 Å². The van der Waals surface area contributed by atoms with Crippen molar-refractivity contribution >= 4 is 11.8 Å². The van der Waals surface area contributed by atoms with Crippen molar-refractivity contribution in [3.63, 3.8) is 0 Å². The number of carbonyl (C=O) groups excluding carboxylic acids is 2. The molecule has 0 fully saturated rings. The van der Waals surface area contributed by atoms with Gasteiger partial charge in [-0.15, -0.1) is 0 Å². The van der Waals surface area contributed by atoms with Gasteiger partial charge >= 0.3 is 0 Å². The van der Waals surface area contributed by atoms with E-state index >= 15 is 0 Å². The molecule has 0 aliphatic carbocycles. The zero-order valence-corrected chi connectivity index (χ0v) is 12.2. The summed E-state index contributed by atoms with van der Waals surface area (Å²) in [6, 6.07) is 0.343. The average Bonchev–Trinajstić information content (AvgIpc) is 2.36. The maximum atomic E-state index is 11.8. The van der Waals surface area contributed by atoms with E-state index in [2.05, 4.69) is 43.6 Å². The van der Waals surface area contributed by atoms with Crippen molar-refractivity contribution in [2.24, 2.45) is 5.92 Å². The fourth-order valence-corrected chi connectivity index (χ4v) is 2.13. The molecule has 1 aliphatic rings. The predicted molar refractivity (Wildman–Crippen MR) is 76.6 cm³/mol. The fourth-order valence-electron chi connectivity index (χ4n) is 2.13. The van der Waals surface area contributed by atoms with Gasteiger partial charge in [0.25, 0.3) is 0 Å². The Labute approximate surface area is 116 Å². The van der Waals surface area contributed by atoms with Crippen molar-refractivity contribution in [1.29, 1.82) is 0 Å². The largest absolute Gasteiger partial charge is 0.353 e. The molecule has 2 N–H and O–H groups in total. The summed E-state index contributed by atoms with van der Waals surface area (Å²) in [5.41, 5.74) is 0. The van der Waals surface area contributed by atoms with Crippen LogP contribution in [0.15, 0.2) is 12.2 Å². The molecule has 0 bridgehead atoms. The van der Waals surface area contributed by atoms with Gasteiger partial charge in [-0.05, 0) is 25.2 Å². The third-order valence-electron chi connectivity index (χ3n) is 3.57. The molecular formula is C15H26N2O2. The first kappa shape index (κ1) is 15.7. The fraction of sp³-hybridized carbons (Fsp3) is 0.733. The van der Waals surface area contributed by atoms with Gasteiger partial charge in [0.2, 0.25) is 11.8 Å². The van der Waals surface area contributed by atoms with Crippen LogP contribution >= 0.6 is 0 Å². The Morgan fingerprint density at radius 2 is 1.68 bits per heavy atom. The van der Waals surface area contributed by atoms with Crippen molar-refractivity contribution in [2.75, 3.05) is 0 Å². The lowest BCUT2D eigenvalue weighted by Crippen LogP contribution is -2.40. The molecule has 0 aromatic carbocycles. The Hall–Kier alpha value is -1.32. The summed E-state index contributed by atoms with van der Waals surface area (Å²) in [6.45, 7) is 6.27. The first-order valence-corrected chi connectivity index (χ1v) is 7.26. The maximum Gasteiger partial charge on any atom is 0.220 e. The molecule has 19 heavy (non-hydrogen) atoms. The number of amides is 2. The second-order valence-corrected chi connectivity index (χ2v) is 5.53. The first-order chi connectivity index (χ1) is 9.02. The molecule has 1 aliphatic heterocycles. The van der Waals surface area contributed by atoms with Gasteiger partial charge in [0.05, 0.1) is 0 Å². The molecular weight excluding hydrogens is 240 g/mol. The van der Waals surface area contributed by atoms with E-state index in [1.165, 1.54) is 0 Å². The van der Waals surface area contributed by atoms with Crippen LogP contribution < -0.4 is 10.6 Å². The first-order valence-electron chi connectivity index (χ1n) is 7.26. The molecule has 0 unspecified atom stereocenters. The van der Waals surface area contributed by atoms with Crippen molar-refractivity contribution < 1.29 is 9.59 Å². The minimum absolute atomic E-state index is 0.0305. The molecule has 0 spiro atoms. The van der Waals surface area contributed by atoms with E-state index in [0.717, 1.165) is 19.3 Å². The molecule has 0 radical (unpaired) electrons. The summed E-state index contributed by atoms with van der Waals surface area (Å²) < 4.78 is 0. The van der Waals surface area contributed by atoms with Crippen molar-refractivity contribution in [1.82, 2.24) is 10.6 Å². The summed E-state index contributed by atoms with van der Waals surface area (Å²) in [5, 5.41) is 5.98. The molecule has 0 saturated heterocycles. The van der Waals surface area contributed by atoms with Crippen LogP contribution in [0, 0.1) is 5.92 Å². The lowest BCUT2D eigenvalue weighted by molar-refractivity contribution is -0.127. The number of hydrogen-bond donors (Lipinski definition) is 2. The Balaban J connectivity index is 2.71. The lowest BCUT2D eigenvalue weighted by atomic mass is 9.99. The topological polar surface area (TPSA) is 58.2 Å². The summed E-state index contributed by atoms with van der Waals surface area (Å²) in [5.74, 6) is 0.334. The van der Waals surface area contributed by atoms with Gasteiger partial charge in [-0.1, -0.05) is 32.9 Å². The quantitative estimate of drug-likeness (QED) is 0.752. The van der Waals surface area contributed by atoms with Gasteiger partial charge < -0.3 is 10.6 Å². The second kappa shape index (κ2) is 7.97. The molecule has 2 atom stereocenters. The molecule has 2 amide bonds. The average molecular weight is 266 g/mol. The molecule has 0 saturated carbocycles. The normalized spacial score (nSPS) is 28.0. The highest BCUT2D eigenvalue weighted by molar-refractivity contribution is 5.84. The minimum Gasteiger partial charge on any atom is -0.353 e. The third-order valence-corrected chi connectivity index (χ3v) is 3.57. The van der Waals surface area contributed by atoms with E-state index in [9.17, 15) is 9.59 Å². The zero-order chi connectivity index (χ0) is 14.3. The van der Waals surface area contributed by atoms with Crippen LogP contribution in [-0.4, -0.2) is 23.9 Å². The van der Waals surface area contributed by atoms with E-state index in [-0.39, 0.29) is 36.7 Å². The Kier molecular flexibility index (Phi) is 6.60. The smallest absolute Gasteiger partial charge is 0.220 e. The number of rotatable bonds is 2. The zero-order valence-electron chi connectivity index (χ0n) is 12.2. The molecule has 4 heteroatoms. The van der Waals surface area contributed by atoms with E-state index in [0.29, 0.717) is 5.92 Å². The SMILES string of the molecule is CC[C@H]1C/C=C\C[C@@H](C(C)C)NC(=O)CCC(=O)N1. The summed E-state index contributed by atoms with van der Waals surface area (Å²) in [4.78, 5) is 23.5. The summed E-state index contributed by atoms with van der Waals surface area (Å²) in [6.07, 6.45) is 7.40. The van der Waals surface area contributed by atoms with Crippen molar-refractivity contribution in [2.45, 2.75) is 65.0 Å². The van der Waals surface area contributed by atoms with Gasteiger partial charge in [0, 0.05) is 24.9 Å². The van der Waals surface area contributed by atoms with E-state index in [1.54, 1.807) is 0 Å². The van der Waals surface area contributed by atoms with Crippen LogP contribution in [0.5, 0.6) is 0 Å². The van der Waals surface area contributed by atoms with E-state index in [1.807, 2.05) is 0 Å². The van der Waals surface area contributed by atoms with Crippen LogP contribution in [0.2, 0.25) is 0 Å². The van der Waals surface area contributed by atoms with Gasteiger partial charge in [-0.3, -0.25) is 9.59 Å². The van der Waals surface area contributed by atoms with Gasteiger partial charge in [0.1, 0.15) is 0 Å². The van der Waals surface area contributed by atoms with Crippen LogP contribution in [-0.2, 0) is 9.59 Å². The van der Waals surface area contributed by atoms with Crippen LogP contribution in [0.1, 0.15) is 52.9 Å². The number of carbonyl (C=O) groups is 2. The molecule has 1 heterocycles. The third kappa shape index (κ3) is 5.90. The Bertz CT molecular complexity index is 337. The molecule has 0 aromatic heterocycles. The van der Waals surface area contributed by atoms with E-state index in [4.69, 9.17) is 0 Å². The molecule has 1 rings (SSSR count). The van der Waals surface area contributed by atoms with Gasteiger partial charge in [0.15, 0.2) is 0 Å². The van der Waals surface area contributed by atoms with Gasteiger partial charge in [-0.2, -0.15) is 0 Å². The maximum absolute atomic E-state index is 11.8. The van der Waals surface area contributed by atoms with Crippen LogP contribution in [0.25, 0.3) is 0 Å². The van der Waals surface area contributed by atoms with Crippen LogP contribution in [0.3, 0.4) is 0 Å². The van der Waals surface area contributed by atoms with Crippen molar-refractivity contribution in [3.8, 4) is 0 Å². The van der Waals surface area contributed by atoms with E-state index < -0.39 is 0 Å². The summed E-state index contributed by atoms with van der Waals surface area (Å²) in [7, 11) is 0. The van der Waals surface area contributed by atoms with Gasteiger partial charge in [-0.25, -0.2) is 0 Å². The molecule has 108 valence electrons. The molecule has 0 aromatic rings. The highest BCUT2D eigenvalue weighted by atomic mass is 16.2. The Morgan fingerprint density at radius 1 is 1.11 bits per heavy atom. The second-order valence-electron chi connectivity index (χ2n) is 5.53. The number of nitrogens with one attached hydrogen (secondary N) is 2. The Morgan fingerprint density at radius 3 is 2.26 bits per heavy atom. The monoisotopic (exact) mass is 266 g/mol. The lowest BCUT2D eigenvalue weighted by Gasteiger charge is -2.22. The standard InChI is InChI=1S/C15H26N2O2/c1-4-12-7-5-6-8-13(11(2)3)17-15(19)10-9-14(18)16-12/h5-6,11-13H,4,7-10H2,1-3H3,(H,16,18)(H,17,19)/b6-5-/t12-,13-/m0/s1. The summed E-state index contributed by atoms with van der Waals surface area (Å²) >= 11 is 0.